The minimum atomic E-state index is 0.672. The smallest absolute Gasteiger partial charge is 0.302 e. The summed E-state index contributed by atoms with van der Waals surface area (Å²) in [6.07, 6.45) is 1.72. The molecule has 5 heteroatoms. The fourth-order valence-corrected chi connectivity index (χ4v) is 2.39. The lowest BCUT2D eigenvalue weighted by Crippen LogP contribution is -2.36. The van der Waals surface area contributed by atoms with Crippen LogP contribution >= 0.6 is 0 Å². The van der Waals surface area contributed by atoms with E-state index in [9.17, 15) is 0 Å². The molecule has 2 aromatic rings. The Morgan fingerprint density at radius 3 is 2.84 bits per heavy atom. The van der Waals surface area contributed by atoms with Crippen molar-refractivity contribution < 1.29 is 4.42 Å². The second-order valence-corrected chi connectivity index (χ2v) is 4.71. The zero-order valence-electron chi connectivity index (χ0n) is 11.3. The Balaban J connectivity index is 1.95. The molecule has 1 aliphatic heterocycles. The average Bonchev–Trinajstić information content (AvgIpc) is 2.88. The number of para-hydroxylation sites is 2. The number of hydrogen-bond donors (Lipinski definition) is 1. The molecule has 19 heavy (non-hydrogen) atoms. The zero-order valence-corrected chi connectivity index (χ0v) is 11.3. The molecule has 0 aliphatic carbocycles. The van der Waals surface area contributed by atoms with Gasteiger partial charge in [0.2, 0.25) is 0 Å². The fourth-order valence-electron chi connectivity index (χ4n) is 2.39. The number of benzene rings is 1. The van der Waals surface area contributed by atoms with Gasteiger partial charge >= 0.3 is 6.01 Å². The van der Waals surface area contributed by atoms with Gasteiger partial charge in [0.1, 0.15) is 6.26 Å². The standard InChI is InChI=1S/C14H18N4O/c1-15-9-11-10-19-14(16-11)18-8-7-17(2)12-5-3-4-6-13(12)18/h3-6,10,15H,7-9H2,1-2H3. The van der Waals surface area contributed by atoms with Crippen molar-refractivity contribution in [2.75, 3.05) is 37.0 Å². The molecule has 100 valence electrons. The molecule has 0 fully saturated rings. The normalized spacial score (nSPS) is 14.6. The largest absolute Gasteiger partial charge is 0.431 e. The number of fused-ring (bicyclic) bond motifs is 1. The molecule has 0 amide bonds. The summed E-state index contributed by atoms with van der Waals surface area (Å²) in [5.41, 5.74) is 3.28. The number of likely N-dealkylation sites (N-methyl/N-ethyl adjacent to an activating group) is 1. The van der Waals surface area contributed by atoms with Gasteiger partial charge < -0.3 is 14.6 Å². The van der Waals surface area contributed by atoms with Crippen molar-refractivity contribution >= 4 is 17.4 Å². The number of hydrogen-bond acceptors (Lipinski definition) is 5. The molecular weight excluding hydrogens is 240 g/mol. The molecule has 0 unspecified atom stereocenters. The first-order chi connectivity index (χ1) is 9.29. The SMILES string of the molecule is CNCc1coc(N2CCN(C)c3ccccc32)n1. The highest BCUT2D eigenvalue weighted by molar-refractivity contribution is 5.76. The van der Waals surface area contributed by atoms with E-state index in [-0.39, 0.29) is 0 Å². The maximum Gasteiger partial charge on any atom is 0.302 e. The topological polar surface area (TPSA) is 44.5 Å². The molecule has 3 rings (SSSR count). The first-order valence-corrected chi connectivity index (χ1v) is 6.46. The molecule has 1 aromatic heterocycles. The summed E-state index contributed by atoms with van der Waals surface area (Å²) in [6.45, 7) is 2.56. The van der Waals surface area contributed by atoms with E-state index in [1.165, 1.54) is 5.69 Å². The first kappa shape index (κ1) is 12.0. The summed E-state index contributed by atoms with van der Waals surface area (Å²) in [6, 6.07) is 9.00. The first-order valence-electron chi connectivity index (χ1n) is 6.46. The van der Waals surface area contributed by atoms with Gasteiger partial charge in [-0.15, -0.1) is 0 Å². The maximum atomic E-state index is 5.61. The van der Waals surface area contributed by atoms with Crippen LogP contribution in [0.3, 0.4) is 0 Å². The minimum Gasteiger partial charge on any atom is -0.431 e. The van der Waals surface area contributed by atoms with Gasteiger partial charge in [0, 0.05) is 26.7 Å². The van der Waals surface area contributed by atoms with Gasteiger partial charge in [-0.3, -0.25) is 4.90 Å². The Labute approximate surface area is 112 Å². The summed E-state index contributed by atoms with van der Waals surface area (Å²) < 4.78 is 5.61. The average molecular weight is 258 g/mol. The summed E-state index contributed by atoms with van der Waals surface area (Å²) in [5, 5.41) is 3.08. The number of rotatable bonds is 3. The van der Waals surface area contributed by atoms with Crippen molar-refractivity contribution in [2.24, 2.45) is 0 Å². The Bertz CT molecular complexity index is 566. The van der Waals surface area contributed by atoms with Crippen molar-refractivity contribution in [1.29, 1.82) is 0 Å². The molecule has 2 heterocycles. The van der Waals surface area contributed by atoms with E-state index >= 15 is 0 Å². The van der Waals surface area contributed by atoms with E-state index < -0.39 is 0 Å². The van der Waals surface area contributed by atoms with Crippen LogP contribution in [0.4, 0.5) is 17.4 Å². The molecule has 0 atom stereocenters. The Morgan fingerprint density at radius 2 is 2.05 bits per heavy atom. The third-order valence-electron chi connectivity index (χ3n) is 3.37. The van der Waals surface area contributed by atoms with Crippen LogP contribution in [0.25, 0.3) is 0 Å². The molecule has 0 radical (unpaired) electrons. The molecule has 1 N–H and O–H groups in total. The molecule has 0 spiro atoms. The van der Waals surface area contributed by atoms with Crippen LogP contribution in [0.5, 0.6) is 0 Å². The molecule has 0 saturated carbocycles. The van der Waals surface area contributed by atoms with E-state index in [4.69, 9.17) is 4.42 Å². The lowest BCUT2D eigenvalue weighted by atomic mass is 10.2. The molecule has 0 saturated heterocycles. The maximum absolute atomic E-state index is 5.61. The molecule has 1 aromatic carbocycles. The van der Waals surface area contributed by atoms with E-state index in [1.807, 2.05) is 13.1 Å². The predicted octanol–water partition coefficient (Wildman–Crippen LogP) is 1.98. The number of nitrogens with one attached hydrogen (secondary N) is 1. The molecular formula is C14H18N4O. The Hall–Kier alpha value is -2.01. The molecule has 0 bridgehead atoms. The van der Waals surface area contributed by atoms with Crippen LogP contribution in [-0.4, -0.2) is 32.2 Å². The highest BCUT2D eigenvalue weighted by atomic mass is 16.4. The predicted molar refractivity (Wildman–Crippen MR) is 76.0 cm³/mol. The summed E-state index contributed by atoms with van der Waals surface area (Å²) in [4.78, 5) is 8.91. The van der Waals surface area contributed by atoms with Crippen LogP contribution in [-0.2, 0) is 6.54 Å². The van der Waals surface area contributed by atoms with Gasteiger partial charge in [0.15, 0.2) is 0 Å². The monoisotopic (exact) mass is 258 g/mol. The van der Waals surface area contributed by atoms with Gasteiger partial charge in [0.05, 0.1) is 17.1 Å². The van der Waals surface area contributed by atoms with E-state index in [0.717, 1.165) is 31.0 Å². The summed E-state index contributed by atoms with van der Waals surface area (Å²) in [7, 11) is 4.01. The number of nitrogens with zero attached hydrogens (tertiary/aromatic N) is 3. The summed E-state index contributed by atoms with van der Waals surface area (Å²) >= 11 is 0. The van der Waals surface area contributed by atoms with Crippen molar-refractivity contribution in [3.8, 4) is 0 Å². The van der Waals surface area contributed by atoms with Crippen molar-refractivity contribution in [3.63, 3.8) is 0 Å². The van der Waals surface area contributed by atoms with Gasteiger partial charge in [-0.25, -0.2) is 0 Å². The molecule has 1 aliphatic rings. The van der Waals surface area contributed by atoms with E-state index in [1.54, 1.807) is 6.26 Å². The highest BCUT2D eigenvalue weighted by Crippen LogP contribution is 2.36. The number of aromatic nitrogens is 1. The molecule has 5 nitrogen and oxygen atoms in total. The van der Waals surface area contributed by atoms with Gasteiger partial charge in [-0.1, -0.05) is 12.1 Å². The van der Waals surface area contributed by atoms with Crippen LogP contribution in [0.15, 0.2) is 34.9 Å². The fraction of sp³-hybridized carbons (Fsp3) is 0.357. The number of oxazole rings is 1. The quantitative estimate of drug-likeness (QED) is 0.912. The lowest BCUT2D eigenvalue weighted by Gasteiger charge is -2.34. The number of anilines is 3. The highest BCUT2D eigenvalue weighted by Gasteiger charge is 2.24. The van der Waals surface area contributed by atoms with Crippen LogP contribution in [0.1, 0.15) is 5.69 Å². The zero-order chi connectivity index (χ0) is 13.2. The van der Waals surface area contributed by atoms with E-state index in [0.29, 0.717) is 6.01 Å². The van der Waals surface area contributed by atoms with Crippen LogP contribution < -0.4 is 15.1 Å². The van der Waals surface area contributed by atoms with Gasteiger partial charge in [0.25, 0.3) is 0 Å². The summed E-state index contributed by atoms with van der Waals surface area (Å²) in [5.74, 6) is 0. The van der Waals surface area contributed by atoms with Crippen LogP contribution in [0, 0.1) is 0 Å². The lowest BCUT2D eigenvalue weighted by molar-refractivity contribution is 0.548. The van der Waals surface area contributed by atoms with Gasteiger partial charge in [-0.2, -0.15) is 4.98 Å². The van der Waals surface area contributed by atoms with Crippen molar-refractivity contribution in [3.05, 3.63) is 36.2 Å². The Kier molecular flexibility index (Phi) is 3.13. The third-order valence-corrected chi connectivity index (χ3v) is 3.37. The van der Waals surface area contributed by atoms with Crippen molar-refractivity contribution in [1.82, 2.24) is 10.3 Å². The van der Waals surface area contributed by atoms with Crippen molar-refractivity contribution in [2.45, 2.75) is 6.54 Å². The van der Waals surface area contributed by atoms with Gasteiger partial charge in [-0.05, 0) is 19.2 Å². The van der Waals surface area contributed by atoms with E-state index in [2.05, 4.69) is 45.3 Å². The minimum absolute atomic E-state index is 0.672. The third kappa shape index (κ3) is 2.17. The second-order valence-electron chi connectivity index (χ2n) is 4.71. The Morgan fingerprint density at radius 1 is 1.26 bits per heavy atom. The second kappa shape index (κ2) is 4.93. The van der Waals surface area contributed by atoms with Crippen LogP contribution in [0.2, 0.25) is 0 Å².